The zero-order valence-corrected chi connectivity index (χ0v) is 40.7. The lowest BCUT2D eigenvalue weighted by Gasteiger charge is -2.73. The van der Waals surface area contributed by atoms with Crippen LogP contribution in [0.4, 0.5) is 0 Å². The first-order valence-electron chi connectivity index (χ1n) is 25.6. The predicted octanol–water partition coefficient (Wildman–Crippen LogP) is 12.0. The maximum absolute atomic E-state index is 15.6. The number of nitrogens with zero attached hydrogens (tertiary/aromatic N) is 2. The van der Waals surface area contributed by atoms with Crippen molar-refractivity contribution < 1.29 is 29.0 Å². The number of H-pyrrole nitrogens is 1. The molecule has 6 saturated carbocycles. The third-order valence-electron chi connectivity index (χ3n) is 20.9. The highest BCUT2D eigenvalue weighted by atomic mass is 16.5. The molecule has 10 rings (SSSR count). The van der Waals surface area contributed by atoms with Crippen molar-refractivity contribution in [1.29, 1.82) is 0 Å². The molecule has 2 aromatic carbocycles. The van der Waals surface area contributed by atoms with Gasteiger partial charge in [0.15, 0.2) is 0 Å². The Hall–Kier alpha value is -4.40. The molecule has 66 heavy (non-hydrogen) atoms. The minimum atomic E-state index is -0.391. The molecule has 14 unspecified atom stereocenters. The molecule has 1 aliphatic heterocycles. The molecule has 14 atom stereocenters. The summed E-state index contributed by atoms with van der Waals surface area (Å²) in [4.78, 5) is 53.2. The van der Waals surface area contributed by atoms with Gasteiger partial charge in [-0.05, 0) is 178 Å². The van der Waals surface area contributed by atoms with Gasteiger partial charge in [-0.1, -0.05) is 84.0 Å². The number of phenolic OH excluding ortho intramolecular Hbond substituents is 1. The molecular formula is C57H75N3O6. The fraction of sp³-hybridized carbons (Fsp3) is 0.649. The van der Waals surface area contributed by atoms with E-state index in [9.17, 15) is 14.7 Å². The summed E-state index contributed by atoms with van der Waals surface area (Å²) >= 11 is 0. The van der Waals surface area contributed by atoms with Crippen LogP contribution in [0.1, 0.15) is 149 Å². The van der Waals surface area contributed by atoms with Crippen molar-refractivity contribution in [3.8, 4) is 17.0 Å². The Kier molecular flexibility index (Phi) is 11.3. The van der Waals surface area contributed by atoms with Gasteiger partial charge in [-0.15, -0.1) is 0 Å². The highest BCUT2D eigenvalue weighted by Crippen LogP contribution is 2.78. The van der Waals surface area contributed by atoms with Crippen LogP contribution in [0.3, 0.4) is 0 Å². The molecule has 7 aliphatic rings. The molecule has 9 nitrogen and oxygen atoms in total. The van der Waals surface area contributed by atoms with Crippen molar-refractivity contribution in [2.24, 2.45) is 74.4 Å². The van der Waals surface area contributed by atoms with Crippen LogP contribution in [-0.4, -0.2) is 50.5 Å². The van der Waals surface area contributed by atoms with Gasteiger partial charge in [-0.25, -0.2) is 4.98 Å². The number of aromatic hydroxyl groups is 1. The maximum atomic E-state index is 15.6. The van der Waals surface area contributed by atoms with E-state index in [0.29, 0.717) is 36.0 Å². The van der Waals surface area contributed by atoms with E-state index in [-0.39, 0.29) is 81.8 Å². The van der Waals surface area contributed by atoms with E-state index in [1.165, 1.54) is 12.0 Å². The van der Waals surface area contributed by atoms with E-state index in [2.05, 4.69) is 58.0 Å². The minimum absolute atomic E-state index is 0.0696. The Morgan fingerprint density at radius 1 is 0.818 bits per heavy atom. The number of carbonyl (C=O) groups is 3. The molecule has 1 aromatic heterocycles. The number of aromatic nitrogens is 2. The number of carbonyl (C=O) groups excluding carboxylic acids is 3. The number of likely N-dealkylation sites (tertiary alicyclic amines) is 1. The smallest absolute Gasteiger partial charge is 0.309 e. The number of ether oxygens (including phenoxy) is 2. The molecule has 9 heteroatoms. The molecule has 354 valence electrons. The van der Waals surface area contributed by atoms with E-state index >= 15 is 4.79 Å². The van der Waals surface area contributed by atoms with Gasteiger partial charge in [0.05, 0.1) is 35.2 Å². The monoisotopic (exact) mass is 898 g/mol. The average molecular weight is 898 g/mol. The SMILES string of the molecule is C=C(C)C1CCC2(C(=O)N3CCCC3c3ncc(-c4ccc(O)cc4)[nH]3)CCC3(C)C(CCC4C5(C)CCC(OC(=O)C6CC(C(=O)OCc7ccccc7)C6C)C(C)(C)C5CCC43C)C12. The van der Waals surface area contributed by atoms with Crippen LogP contribution in [0.15, 0.2) is 72.9 Å². The molecule has 0 bridgehead atoms. The van der Waals surface area contributed by atoms with Crippen molar-refractivity contribution in [3.05, 3.63) is 84.3 Å². The second-order valence-corrected chi connectivity index (χ2v) is 23.9. The number of fused-ring (bicyclic) bond motifs is 7. The lowest BCUT2D eigenvalue weighted by atomic mass is 9.32. The number of aromatic amines is 1. The largest absolute Gasteiger partial charge is 0.508 e. The van der Waals surface area contributed by atoms with Gasteiger partial charge >= 0.3 is 11.9 Å². The fourth-order valence-corrected chi connectivity index (χ4v) is 17.0. The quantitative estimate of drug-likeness (QED) is 0.162. The number of rotatable bonds is 9. The first-order valence-corrected chi connectivity index (χ1v) is 25.6. The van der Waals surface area contributed by atoms with E-state index < -0.39 is 5.41 Å². The first kappa shape index (κ1) is 45.4. The Labute approximate surface area is 393 Å². The van der Waals surface area contributed by atoms with Gasteiger partial charge < -0.3 is 24.5 Å². The normalized spacial score (nSPS) is 39.9. The second kappa shape index (κ2) is 16.4. The van der Waals surface area contributed by atoms with Crippen LogP contribution in [-0.2, 0) is 30.5 Å². The minimum Gasteiger partial charge on any atom is -0.508 e. The van der Waals surface area contributed by atoms with Crippen LogP contribution >= 0.6 is 0 Å². The van der Waals surface area contributed by atoms with Gasteiger partial charge in [-0.2, -0.15) is 0 Å². The summed E-state index contributed by atoms with van der Waals surface area (Å²) in [5.41, 5.74) is 3.83. The third kappa shape index (κ3) is 6.87. The van der Waals surface area contributed by atoms with Crippen LogP contribution in [0.5, 0.6) is 5.75 Å². The van der Waals surface area contributed by atoms with E-state index in [0.717, 1.165) is 99.8 Å². The number of amides is 1. The standard InChI is InChI=1S/C57H75N3O6/c1-34(2)39-22-27-57(52(64)60-30-12-15-44(60)49-58-32-43(59-49)37-16-18-38(61)19-17-37)29-28-55(7)42(48(39)57)20-21-46-54(6)25-24-47(53(4,5)45(54)23-26-56(46,55)8)66-51(63)41-31-40(35(41)3)50(62)65-33-36-13-10-9-11-14-36/h9-11,13-14,16-19,32,35,39-42,44-48,61H,1,12,15,20-31,33H2,2-8H3,(H,58,59). The van der Waals surface area contributed by atoms with E-state index in [1.54, 1.807) is 12.1 Å². The number of esters is 2. The summed E-state index contributed by atoms with van der Waals surface area (Å²) in [7, 11) is 0. The Bertz CT molecular complexity index is 2360. The lowest BCUT2D eigenvalue weighted by molar-refractivity contribution is -0.251. The van der Waals surface area contributed by atoms with Crippen molar-refractivity contribution in [2.75, 3.05) is 6.54 Å². The summed E-state index contributed by atoms with van der Waals surface area (Å²) in [6, 6.07) is 16.9. The van der Waals surface area contributed by atoms with Gasteiger partial charge in [0.2, 0.25) is 5.91 Å². The zero-order chi connectivity index (χ0) is 46.6. The number of phenols is 1. The molecule has 2 N–H and O–H groups in total. The van der Waals surface area contributed by atoms with Crippen molar-refractivity contribution in [3.63, 3.8) is 0 Å². The molecule has 7 fully saturated rings. The number of benzene rings is 2. The fourth-order valence-electron chi connectivity index (χ4n) is 17.0. The third-order valence-corrected chi connectivity index (χ3v) is 20.9. The first-order chi connectivity index (χ1) is 31.4. The van der Waals surface area contributed by atoms with Crippen LogP contribution in [0.25, 0.3) is 11.3 Å². The van der Waals surface area contributed by atoms with Crippen molar-refractivity contribution in [1.82, 2.24) is 14.9 Å². The molecule has 0 radical (unpaired) electrons. The number of allylic oxidation sites excluding steroid dienone is 1. The lowest BCUT2D eigenvalue weighted by Crippen LogP contribution is -2.67. The number of nitrogens with one attached hydrogen (secondary N) is 1. The Balaban J connectivity index is 0.843. The average Bonchev–Trinajstić information content (AvgIpc) is 4.07. The van der Waals surface area contributed by atoms with Crippen LogP contribution < -0.4 is 0 Å². The zero-order valence-electron chi connectivity index (χ0n) is 40.7. The summed E-state index contributed by atoms with van der Waals surface area (Å²) in [6.45, 7) is 22.5. The Morgan fingerprint density at radius 3 is 2.29 bits per heavy atom. The molecule has 0 spiro atoms. The summed E-state index contributed by atoms with van der Waals surface area (Å²) < 4.78 is 12.2. The van der Waals surface area contributed by atoms with E-state index in [4.69, 9.17) is 14.5 Å². The van der Waals surface area contributed by atoms with Gasteiger partial charge in [-0.3, -0.25) is 14.4 Å². The number of hydrogen-bond donors (Lipinski definition) is 2. The second-order valence-electron chi connectivity index (χ2n) is 23.9. The predicted molar refractivity (Wildman–Crippen MR) is 255 cm³/mol. The van der Waals surface area contributed by atoms with E-state index in [1.807, 2.05) is 55.6 Å². The summed E-state index contributed by atoms with van der Waals surface area (Å²) in [6.07, 6.45) is 14.6. The maximum Gasteiger partial charge on any atom is 0.309 e. The highest BCUT2D eigenvalue weighted by Gasteiger charge is 2.72. The summed E-state index contributed by atoms with van der Waals surface area (Å²) in [5, 5.41) is 9.87. The van der Waals surface area contributed by atoms with Crippen LogP contribution in [0.2, 0.25) is 0 Å². The number of imidazole rings is 1. The number of hydrogen-bond acceptors (Lipinski definition) is 7. The molecule has 1 amide bonds. The summed E-state index contributed by atoms with van der Waals surface area (Å²) in [5.74, 6) is 2.49. The van der Waals surface area contributed by atoms with Gasteiger partial charge in [0, 0.05) is 12.0 Å². The van der Waals surface area contributed by atoms with Gasteiger partial charge in [0.25, 0.3) is 0 Å². The Morgan fingerprint density at radius 2 is 1.56 bits per heavy atom. The topological polar surface area (TPSA) is 122 Å². The molecule has 3 aromatic rings. The van der Waals surface area contributed by atoms with Crippen molar-refractivity contribution in [2.45, 2.75) is 151 Å². The molecule has 1 saturated heterocycles. The molecule has 2 heterocycles. The molecule has 6 aliphatic carbocycles. The molecular weight excluding hydrogens is 823 g/mol. The van der Waals surface area contributed by atoms with Crippen LogP contribution in [0, 0.1) is 74.4 Å². The van der Waals surface area contributed by atoms with Crippen molar-refractivity contribution >= 4 is 17.8 Å². The van der Waals surface area contributed by atoms with Gasteiger partial charge in [0.1, 0.15) is 24.3 Å². The highest BCUT2D eigenvalue weighted by molar-refractivity contribution is 5.85.